The third-order valence-corrected chi connectivity index (χ3v) is 5.98. The van der Waals surface area contributed by atoms with E-state index in [-0.39, 0.29) is 5.92 Å². The summed E-state index contributed by atoms with van der Waals surface area (Å²) in [4.78, 5) is 4.52. The molecule has 0 aromatic carbocycles. The van der Waals surface area contributed by atoms with Crippen molar-refractivity contribution in [3.05, 3.63) is 29.6 Å². The van der Waals surface area contributed by atoms with Crippen molar-refractivity contribution in [2.75, 3.05) is 20.0 Å². The van der Waals surface area contributed by atoms with E-state index < -0.39 is 16.1 Å². The monoisotopic (exact) mass is 363 g/mol. The first-order valence-electron chi connectivity index (χ1n) is 8.71. The molecule has 1 rings (SSSR count). The zero-order valence-electron chi connectivity index (χ0n) is 16.4. The van der Waals surface area contributed by atoms with Crippen LogP contribution in [0.2, 0.25) is 45.3 Å². The molecule has 1 unspecified atom stereocenters. The first kappa shape index (κ1) is 21.1. The number of pyridine rings is 1. The van der Waals surface area contributed by atoms with Crippen molar-refractivity contribution in [2.24, 2.45) is 0 Å². The average Bonchev–Trinajstić information content (AvgIpc) is 2.47. The highest BCUT2D eigenvalue weighted by Gasteiger charge is 2.12. The molecule has 0 aliphatic carbocycles. The lowest BCUT2D eigenvalue weighted by Gasteiger charge is -2.16. The van der Waals surface area contributed by atoms with Gasteiger partial charge in [0.1, 0.15) is 14.9 Å². The first-order chi connectivity index (χ1) is 11.1. The molecule has 0 saturated carbocycles. The summed E-state index contributed by atoms with van der Waals surface area (Å²) in [5, 5.41) is 0. The Bertz CT molecular complexity index is 548. The molecule has 0 bridgehead atoms. The van der Waals surface area contributed by atoms with Crippen LogP contribution in [0.15, 0.2) is 18.3 Å². The largest absolute Gasteiger partial charge is 0.356 e. The molecule has 0 fully saturated rings. The SMILES string of the molecule is CC(COCOCC[Si](C)(C)C)c1ccc(C#C[Si](C)(C)C)cn1. The standard InChI is InChI=1S/C19H33NO2Si2/c1-17(15-22-16-21-11-13-24(5,6)7)19-9-8-18(14-20-19)10-12-23(2,3)4/h8-9,14,17H,11,13,15-16H2,1-7H3. The summed E-state index contributed by atoms with van der Waals surface area (Å²) in [7, 11) is -2.35. The Balaban J connectivity index is 2.35. The average molecular weight is 364 g/mol. The molecule has 1 atom stereocenters. The van der Waals surface area contributed by atoms with Crippen LogP contribution in [0.3, 0.4) is 0 Å². The van der Waals surface area contributed by atoms with E-state index in [0.29, 0.717) is 13.4 Å². The fourth-order valence-corrected chi connectivity index (χ4v) is 3.11. The third-order valence-electron chi connectivity index (χ3n) is 3.40. The van der Waals surface area contributed by atoms with E-state index in [1.165, 1.54) is 6.04 Å². The number of hydrogen-bond donors (Lipinski definition) is 0. The summed E-state index contributed by atoms with van der Waals surface area (Å²) in [6.07, 6.45) is 1.86. The van der Waals surface area contributed by atoms with Crippen molar-refractivity contribution in [3.8, 4) is 11.5 Å². The van der Waals surface area contributed by atoms with E-state index in [4.69, 9.17) is 9.47 Å². The second-order valence-corrected chi connectivity index (χ2v) is 19.0. The van der Waals surface area contributed by atoms with Crippen molar-refractivity contribution in [1.82, 2.24) is 4.98 Å². The van der Waals surface area contributed by atoms with E-state index in [1.807, 2.05) is 12.3 Å². The molecule has 0 amide bonds. The maximum absolute atomic E-state index is 5.62. The van der Waals surface area contributed by atoms with Gasteiger partial charge in [0.25, 0.3) is 0 Å². The van der Waals surface area contributed by atoms with E-state index in [1.54, 1.807) is 0 Å². The van der Waals surface area contributed by atoms with Gasteiger partial charge in [-0.15, -0.1) is 5.54 Å². The summed E-state index contributed by atoms with van der Waals surface area (Å²) in [6.45, 7) is 17.7. The topological polar surface area (TPSA) is 31.4 Å². The van der Waals surface area contributed by atoms with E-state index in [2.05, 4.69) is 68.7 Å². The third kappa shape index (κ3) is 10.0. The van der Waals surface area contributed by atoms with Gasteiger partial charge >= 0.3 is 0 Å². The van der Waals surface area contributed by atoms with Crippen molar-refractivity contribution in [2.45, 2.75) is 58.2 Å². The first-order valence-corrected chi connectivity index (χ1v) is 15.9. The molecule has 1 heterocycles. The lowest BCUT2D eigenvalue weighted by atomic mass is 10.1. The Kier molecular flexibility index (Phi) is 8.37. The van der Waals surface area contributed by atoms with Gasteiger partial charge in [-0.2, -0.15) is 0 Å². The maximum Gasteiger partial charge on any atom is 0.146 e. The lowest BCUT2D eigenvalue weighted by Crippen LogP contribution is -2.22. The highest BCUT2D eigenvalue weighted by Crippen LogP contribution is 2.13. The number of rotatable bonds is 8. The molecule has 0 aliphatic rings. The second kappa shape index (κ2) is 9.52. The molecule has 0 spiro atoms. The van der Waals surface area contributed by atoms with Gasteiger partial charge in [0.15, 0.2) is 0 Å². The molecular formula is C19H33NO2Si2. The molecule has 134 valence electrons. The maximum atomic E-state index is 5.62. The number of hydrogen-bond acceptors (Lipinski definition) is 3. The van der Waals surface area contributed by atoms with Gasteiger partial charge < -0.3 is 9.47 Å². The van der Waals surface area contributed by atoms with Crippen LogP contribution in [0.1, 0.15) is 24.1 Å². The van der Waals surface area contributed by atoms with Crippen LogP contribution in [0.25, 0.3) is 0 Å². The minimum absolute atomic E-state index is 0.254. The fraction of sp³-hybridized carbons (Fsp3) is 0.632. The molecule has 24 heavy (non-hydrogen) atoms. The van der Waals surface area contributed by atoms with E-state index in [9.17, 15) is 0 Å². The Morgan fingerprint density at radius 3 is 2.33 bits per heavy atom. The predicted octanol–water partition coefficient (Wildman–Crippen LogP) is 4.74. The summed E-state index contributed by atoms with van der Waals surface area (Å²) >= 11 is 0. The Labute approximate surface area is 150 Å². The Morgan fingerprint density at radius 2 is 1.79 bits per heavy atom. The second-order valence-electron chi connectivity index (χ2n) is 8.58. The van der Waals surface area contributed by atoms with Crippen molar-refractivity contribution < 1.29 is 9.47 Å². The molecule has 3 nitrogen and oxygen atoms in total. The molecule has 5 heteroatoms. The Morgan fingerprint density at radius 1 is 1.08 bits per heavy atom. The summed E-state index contributed by atoms with van der Waals surface area (Å²) in [6, 6.07) is 5.28. The number of nitrogens with zero attached hydrogens (tertiary/aromatic N) is 1. The fourth-order valence-electron chi connectivity index (χ4n) is 1.84. The minimum Gasteiger partial charge on any atom is -0.356 e. The predicted molar refractivity (Wildman–Crippen MR) is 108 cm³/mol. The van der Waals surface area contributed by atoms with Gasteiger partial charge in [-0.25, -0.2) is 0 Å². The van der Waals surface area contributed by atoms with Crippen molar-refractivity contribution in [1.29, 1.82) is 0 Å². The summed E-state index contributed by atoms with van der Waals surface area (Å²) in [5.74, 6) is 3.48. The highest BCUT2D eigenvalue weighted by atomic mass is 28.3. The molecular weight excluding hydrogens is 330 g/mol. The van der Waals surface area contributed by atoms with Gasteiger partial charge in [0, 0.05) is 38.1 Å². The lowest BCUT2D eigenvalue weighted by molar-refractivity contribution is -0.0530. The highest BCUT2D eigenvalue weighted by molar-refractivity contribution is 6.83. The van der Waals surface area contributed by atoms with Crippen LogP contribution in [0.5, 0.6) is 0 Å². The normalized spacial score (nSPS) is 13.3. The van der Waals surface area contributed by atoms with Crippen LogP contribution in [0.4, 0.5) is 0 Å². The van der Waals surface area contributed by atoms with Crippen molar-refractivity contribution in [3.63, 3.8) is 0 Å². The smallest absolute Gasteiger partial charge is 0.146 e. The molecule has 0 N–H and O–H groups in total. The van der Waals surface area contributed by atoms with E-state index >= 15 is 0 Å². The van der Waals surface area contributed by atoms with E-state index in [0.717, 1.165) is 17.9 Å². The van der Waals surface area contributed by atoms with Crippen LogP contribution < -0.4 is 0 Å². The van der Waals surface area contributed by atoms with Gasteiger partial charge in [-0.05, 0) is 18.2 Å². The van der Waals surface area contributed by atoms with Crippen LogP contribution in [0, 0.1) is 11.5 Å². The molecule has 1 aromatic rings. The quantitative estimate of drug-likeness (QED) is 0.289. The van der Waals surface area contributed by atoms with Gasteiger partial charge in [0.2, 0.25) is 0 Å². The van der Waals surface area contributed by atoms with Crippen LogP contribution >= 0.6 is 0 Å². The zero-order valence-corrected chi connectivity index (χ0v) is 18.4. The molecule has 0 aliphatic heterocycles. The Hall–Kier alpha value is -0.936. The minimum atomic E-state index is -1.34. The van der Waals surface area contributed by atoms with Gasteiger partial charge in [-0.3, -0.25) is 4.98 Å². The summed E-state index contributed by atoms with van der Waals surface area (Å²) < 4.78 is 11.2. The molecule has 0 saturated heterocycles. The van der Waals surface area contributed by atoms with Gasteiger partial charge in [0.05, 0.1) is 6.61 Å². The van der Waals surface area contributed by atoms with Gasteiger partial charge in [-0.1, -0.05) is 52.1 Å². The number of aromatic nitrogens is 1. The van der Waals surface area contributed by atoms with Crippen LogP contribution in [-0.4, -0.2) is 41.1 Å². The van der Waals surface area contributed by atoms with Crippen molar-refractivity contribution >= 4 is 16.1 Å². The van der Waals surface area contributed by atoms with Crippen LogP contribution in [-0.2, 0) is 9.47 Å². The summed E-state index contributed by atoms with van der Waals surface area (Å²) in [5.41, 5.74) is 5.39. The molecule has 0 radical (unpaired) electrons. The number of ether oxygens (including phenoxy) is 2. The molecule has 1 aromatic heterocycles. The zero-order chi connectivity index (χ0) is 18.2.